The minimum absolute atomic E-state index is 0.228. The number of hydrogen-bond acceptors (Lipinski definition) is 3. The summed E-state index contributed by atoms with van der Waals surface area (Å²) in [4.78, 5) is 0. The van der Waals surface area contributed by atoms with Gasteiger partial charge in [-0.15, -0.1) is 0 Å². The SMILES string of the molecule is CNC(c1ccc(C(C)C)cc1OC)C(C)CN. The molecule has 1 aromatic carbocycles. The van der Waals surface area contributed by atoms with E-state index in [4.69, 9.17) is 10.5 Å². The summed E-state index contributed by atoms with van der Waals surface area (Å²) in [6, 6.07) is 6.69. The Morgan fingerprint density at radius 1 is 1.28 bits per heavy atom. The van der Waals surface area contributed by atoms with E-state index < -0.39 is 0 Å². The summed E-state index contributed by atoms with van der Waals surface area (Å²) in [5, 5.41) is 3.33. The highest BCUT2D eigenvalue weighted by atomic mass is 16.5. The van der Waals surface area contributed by atoms with Gasteiger partial charge in [0, 0.05) is 11.6 Å². The summed E-state index contributed by atoms with van der Waals surface area (Å²) in [5.74, 6) is 1.82. The lowest BCUT2D eigenvalue weighted by Crippen LogP contribution is -2.28. The van der Waals surface area contributed by atoms with Gasteiger partial charge in [0.2, 0.25) is 0 Å². The molecule has 0 aliphatic rings. The monoisotopic (exact) mass is 250 g/mol. The first-order chi connectivity index (χ1) is 8.54. The van der Waals surface area contributed by atoms with Gasteiger partial charge in [0.15, 0.2) is 0 Å². The van der Waals surface area contributed by atoms with Crippen molar-refractivity contribution in [2.45, 2.75) is 32.7 Å². The zero-order chi connectivity index (χ0) is 13.7. The van der Waals surface area contributed by atoms with E-state index in [1.54, 1.807) is 7.11 Å². The number of methoxy groups -OCH3 is 1. The Balaban J connectivity index is 3.14. The lowest BCUT2D eigenvalue weighted by molar-refractivity contribution is 0.373. The van der Waals surface area contributed by atoms with Gasteiger partial charge in [0.25, 0.3) is 0 Å². The normalized spacial score (nSPS) is 14.6. The van der Waals surface area contributed by atoms with Crippen molar-refractivity contribution < 1.29 is 4.74 Å². The van der Waals surface area contributed by atoms with E-state index in [1.165, 1.54) is 11.1 Å². The first-order valence-electron chi connectivity index (χ1n) is 6.60. The second-order valence-electron chi connectivity index (χ2n) is 5.14. The van der Waals surface area contributed by atoms with Crippen LogP contribution in [0.4, 0.5) is 0 Å². The minimum Gasteiger partial charge on any atom is -0.496 e. The summed E-state index contributed by atoms with van der Waals surface area (Å²) in [6.45, 7) is 7.18. The van der Waals surface area contributed by atoms with Gasteiger partial charge < -0.3 is 15.8 Å². The molecule has 18 heavy (non-hydrogen) atoms. The standard InChI is InChI=1S/C15H26N2O/c1-10(2)12-6-7-13(14(8-12)18-5)15(17-4)11(3)9-16/h6-8,10-11,15,17H,9,16H2,1-5H3. The number of ether oxygens (including phenoxy) is 1. The van der Waals surface area contributed by atoms with Crippen LogP contribution in [0.25, 0.3) is 0 Å². The van der Waals surface area contributed by atoms with Crippen molar-refractivity contribution in [3.63, 3.8) is 0 Å². The summed E-state index contributed by atoms with van der Waals surface area (Å²) >= 11 is 0. The molecular weight excluding hydrogens is 224 g/mol. The molecule has 102 valence electrons. The van der Waals surface area contributed by atoms with Gasteiger partial charge in [-0.2, -0.15) is 0 Å². The Labute approximate surface area is 111 Å². The minimum atomic E-state index is 0.228. The highest BCUT2D eigenvalue weighted by molar-refractivity contribution is 5.41. The van der Waals surface area contributed by atoms with E-state index in [0.717, 1.165) is 5.75 Å². The van der Waals surface area contributed by atoms with Crippen molar-refractivity contribution in [2.24, 2.45) is 11.7 Å². The number of rotatable bonds is 6. The van der Waals surface area contributed by atoms with Crippen LogP contribution < -0.4 is 15.8 Å². The summed E-state index contributed by atoms with van der Waals surface area (Å²) in [6.07, 6.45) is 0. The Bertz CT molecular complexity index is 377. The van der Waals surface area contributed by atoms with Crippen molar-refractivity contribution in [3.8, 4) is 5.75 Å². The largest absolute Gasteiger partial charge is 0.496 e. The van der Waals surface area contributed by atoms with E-state index in [9.17, 15) is 0 Å². The van der Waals surface area contributed by atoms with Crippen molar-refractivity contribution in [1.29, 1.82) is 0 Å². The Morgan fingerprint density at radius 2 is 1.94 bits per heavy atom. The number of nitrogens with one attached hydrogen (secondary N) is 1. The van der Waals surface area contributed by atoms with E-state index in [1.807, 2.05) is 7.05 Å². The molecule has 0 bridgehead atoms. The quantitative estimate of drug-likeness (QED) is 0.816. The number of nitrogens with two attached hydrogens (primary N) is 1. The highest BCUT2D eigenvalue weighted by Crippen LogP contribution is 2.32. The molecule has 0 fully saturated rings. The molecule has 0 spiro atoms. The molecule has 0 amide bonds. The van der Waals surface area contributed by atoms with Crippen LogP contribution in [0.5, 0.6) is 5.75 Å². The molecule has 0 heterocycles. The second-order valence-corrected chi connectivity index (χ2v) is 5.14. The maximum Gasteiger partial charge on any atom is 0.123 e. The maximum atomic E-state index is 5.77. The predicted molar refractivity (Wildman–Crippen MR) is 77.1 cm³/mol. The van der Waals surface area contributed by atoms with Crippen LogP contribution in [0.2, 0.25) is 0 Å². The van der Waals surface area contributed by atoms with Gasteiger partial charge in [-0.25, -0.2) is 0 Å². The lowest BCUT2D eigenvalue weighted by atomic mass is 9.91. The van der Waals surface area contributed by atoms with Crippen LogP contribution in [-0.4, -0.2) is 20.7 Å². The van der Waals surface area contributed by atoms with Crippen LogP contribution in [0.1, 0.15) is 43.9 Å². The fraction of sp³-hybridized carbons (Fsp3) is 0.600. The molecule has 1 aromatic rings. The molecule has 0 aliphatic heterocycles. The van der Waals surface area contributed by atoms with Crippen molar-refractivity contribution in [2.75, 3.05) is 20.7 Å². The molecule has 3 heteroatoms. The average molecular weight is 250 g/mol. The van der Waals surface area contributed by atoms with Gasteiger partial charge in [-0.1, -0.05) is 32.9 Å². The highest BCUT2D eigenvalue weighted by Gasteiger charge is 2.20. The Hall–Kier alpha value is -1.06. The van der Waals surface area contributed by atoms with Gasteiger partial charge in [0.05, 0.1) is 7.11 Å². The molecular formula is C15H26N2O. The van der Waals surface area contributed by atoms with Crippen molar-refractivity contribution >= 4 is 0 Å². The number of benzene rings is 1. The Kier molecular flexibility index (Phi) is 5.63. The van der Waals surface area contributed by atoms with Gasteiger partial charge in [-0.3, -0.25) is 0 Å². The summed E-state index contributed by atoms with van der Waals surface area (Å²) in [7, 11) is 3.69. The molecule has 0 aromatic heterocycles. The maximum absolute atomic E-state index is 5.77. The van der Waals surface area contributed by atoms with Crippen molar-refractivity contribution in [3.05, 3.63) is 29.3 Å². The number of hydrogen-bond donors (Lipinski definition) is 2. The predicted octanol–water partition coefficient (Wildman–Crippen LogP) is 2.67. The first kappa shape index (κ1) is 15.0. The second kappa shape index (κ2) is 6.76. The molecule has 3 N–H and O–H groups in total. The summed E-state index contributed by atoms with van der Waals surface area (Å²) < 4.78 is 5.53. The van der Waals surface area contributed by atoms with Crippen LogP contribution in [-0.2, 0) is 0 Å². The molecule has 0 aliphatic carbocycles. The third kappa shape index (κ3) is 3.24. The molecule has 3 nitrogen and oxygen atoms in total. The zero-order valence-electron chi connectivity index (χ0n) is 12.2. The topological polar surface area (TPSA) is 47.3 Å². The van der Waals surface area contributed by atoms with Crippen molar-refractivity contribution in [1.82, 2.24) is 5.32 Å². The first-order valence-corrected chi connectivity index (χ1v) is 6.60. The third-order valence-electron chi connectivity index (χ3n) is 3.51. The van der Waals surface area contributed by atoms with Gasteiger partial charge >= 0.3 is 0 Å². The van der Waals surface area contributed by atoms with E-state index in [2.05, 4.69) is 44.3 Å². The fourth-order valence-electron chi connectivity index (χ4n) is 2.23. The third-order valence-corrected chi connectivity index (χ3v) is 3.51. The van der Waals surface area contributed by atoms with Crippen LogP contribution >= 0.6 is 0 Å². The zero-order valence-corrected chi connectivity index (χ0v) is 12.2. The molecule has 0 saturated heterocycles. The van der Waals surface area contributed by atoms with E-state index in [-0.39, 0.29) is 6.04 Å². The van der Waals surface area contributed by atoms with Gasteiger partial charge in [-0.05, 0) is 37.1 Å². The smallest absolute Gasteiger partial charge is 0.123 e. The molecule has 0 saturated carbocycles. The van der Waals surface area contributed by atoms with Crippen LogP contribution in [0.3, 0.4) is 0 Å². The fourth-order valence-corrected chi connectivity index (χ4v) is 2.23. The van der Waals surface area contributed by atoms with E-state index >= 15 is 0 Å². The molecule has 2 atom stereocenters. The Morgan fingerprint density at radius 3 is 2.39 bits per heavy atom. The molecule has 1 rings (SSSR count). The lowest BCUT2D eigenvalue weighted by Gasteiger charge is -2.25. The van der Waals surface area contributed by atoms with Crippen LogP contribution in [0.15, 0.2) is 18.2 Å². The van der Waals surface area contributed by atoms with Gasteiger partial charge in [0.1, 0.15) is 5.75 Å². The van der Waals surface area contributed by atoms with E-state index in [0.29, 0.717) is 18.4 Å². The van der Waals surface area contributed by atoms with Crippen LogP contribution in [0, 0.1) is 5.92 Å². The summed E-state index contributed by atoms with van der Waals surface area (Å²) in [5.41, 5.74) is 8.25. The average Bonchev–Trinajstić information content (AvgIpc) is 2.39. The molecule has 0 radical (unpaired) electrons. The molecule has 2 unspecified atom stereocenters.